The fourth-order valence-electron chi connectivity index (χ4n) is 1.83. The van der Waals surface area contributed by atoms with Crippen LogP contribution in [0, 0.1) is 4.58 Å². The molecule has 2 rings (SSSR count). The summed E-state index contributed by atoms with van der Waals surface area (Å²) in [6, 6.07) is 3.50. The first kappa shape index (κ1) is 19.2. The molecule has 136 valence electrons. The third kappa shape index (κ3) is 2.17. The Morgan fingerprint density at radius 2 is 1.42 bits per heavy atom. The number of rotatable bonds is 2. The van der Waals surface area contributed by atoms with Gasteiger partial charge in [0.15, 0.2) is 6.20 Å². The molecule has 0 spiro atoms. The van der Waals surface area contributed by atoms with Crippen molar-refractivity contribution in [2.45, 2.75) is 23.0 Å². The zero-order valence-electron chi connectivity index (χ0n) is 11.1. The molecule has 1 aromatic heterocycles. The monoisotopic (exact) mass is 417 g/mol. The van der Waals surface area contributed by atoms with Crippen LogP contribution in [0.3, 0.4) is 0 Å². The molecular weight excluding hydrogens is 412 g/mol. The molecule has 1 aliphatic rings. The van der Waals surface area contributed by atoms with Crippen LogP contribution in [0.5, 0.6) is 0 Å². The van der Waals surface area contributed by atoms with Gasteiger partial charge in [0, 0.05) is 16.7 Å². The van der Waals surface area contributed by atoms with Crippen LogP contribution < -0.4 is 4.57 Å². The Morgan fingerprint density at radius 1 is 0.958 bits per heavy atom. The number of nitrogens with zero attached hydrogens (tertiary/aromatic N) is 1. The molecule has 0 aliphatic carbocycles. The second-order valence-electron chi connectivity index (χ2n) is 4.64. The third-order valence-electron chi connectivity index (χ3n) is 3.19. The van der Waals surface area contributed by atoms with Gasteiger partial charge in [-0.05, 0) is 17.7 Å². The largest absolute Gasteiger partial charge is 0.395 e. The minimum absolute atomic E-state index is 0.403. The fraction of sp³-hybridized carbons (Fsp3) is 0.400. The highest BCUT2D eigenvalue weighted by Gasteiger charge is 2.84. The Labute approximate surface area is 136 Å². The van der Waals surface area contributed by atoms with Crippen molar-refractivity contribution in [1.29, 1.82) is 0 Å². The van der Waals surface area contributed by atoms with Crippen LogP contribution in [0.2, 0.25) is 5.15 Å². The molecule has 0 radical (unpaired) electrons. The van der Waals surface area contributed by atoms with Crippen LogP contribution in [-0.4, -0.2) is 33.3 Å². The molecule has 1 fully saturated rings. The zero-order valence-corrected chi connectivity index (χ0v) is 13.4. The van der Waals surface area contributed by atoms with E-state index in [4.69, 9.17) is 11.6 Å². The van der Waals surface area contributed by atoms with Crippen molar-refractivity contribution in [2.24, 2.45) is 0 Å². The number of alkyl halides is 6. The summed E-state index contributed by atoms with van der Waals surface area (Å²) in [6.07, 6.45) is 0.892. The normalized spacial score (nSPS) is 26.8. The van der Waals surface area contributed by atoms with Crippen molar-refractivity contribution in [3.63, 3.8) is 0 Å². The molecule has 0 aromatic carbocycles. The summed E-state index contributed by atoms with van der Waals surface area (Å²) in [4.78, 5) is 0. The van der Waals surface area contributed by atoms with Gasteiger partial charge in [0.1, 0.15) is 19.7 Å². The first-order valence-corrected chi connectivity index (χ1v) is 9.09. The lowest BCUT2D eigenvalue weighted by Crippen LogP contribution is -2.68. The number of pyridine rings is 1. The number of aromatic nitrogens is 1. The number of hydrogen-bond donors (Lipinski definition) is 0. The van der Waals surface area contributed by atoms with E-state index in [0.717, 1.165) is 18.3 Å². The van der Waals surface area contributed by atoms with Gasteiger partial charge in [-0.25, -0.2) is 4.57 Å². The lowest BCUT2D eigenvalue weighted by molar-refractivity contribution is -0.687. The summed E-state index contributed by atoms with van der Waals surface area (Å²) in [6.45, 7) is -1.59. The van der Waals surface area contributed by atoms with Crippen LogP contribution in [0.25, 0.3) is 0 Å². The van der Waals surface area contributed by atoms with Crippen molar-refractivity contribution in [3.05, 3.63) is 34.1 Å². The van der Waals surface area contributed by atoms with Crippen molar-refractivity contribution in [2.75, 3.05) is 0 Å². The highest BCUT2D eigenvalue weighted by atomic mass is 35.5. The number of sulfone groups is 2. The molecule has 0 unspecified atom stereocenters. The lowest BCUT2D eigenvalue weighted by atomic mass is 10.3. The molecule has 0 N–H and O–H groups in total. The minimum atomic E-state index is -6.65. The highest BCUT2D eigenvalue weighted by Crippen LogP contribution is 2.59. The molecule has 0 amide bonds. The van der Waals surface area contributed by atoms with Crippen LogP contribution >= 0.6 is 11.6 Å². The maximum Gasteiger partial charge on any atom is 0.395 e. The molecule has 5 nitrogen and oxygen atoms in total. The van der Waals surface area contributed by atoms with Crippen molar-refractivity contribution in [3.8, 4) is 0 Å². The van der Waals surface area contributed by atoms with Gasteiger partial charge in [0.05, 0.1) is 6.54 Å². The van der Waals surface area contributed by atoms with E-state index >= 15 is 0 Å². The van der Waals surface area contributed by atoms with Crippen LogP contribution in [-0.2, 0) is 26.2 Å². The zero-order chi connectivity index (χ0) is 18.8. The summed E-state index contributed by atoms with van der Waals surface area (Å²) in [5.74, 6) is -6.65. The highest BCUT2D eigenvalue weighted by molar-refractivity contribution is 8.14. The smallest absolute Gasteiger partial charge is 0.255 e. The molecule has 1 aliphatic heterocycles. The molecule has 1 aromatic rings. The lowest BCUT2D eigenvalue weighted by Gasteiger charge is -2.45. The predicted octanol–water partition coefficient (Wildman–Crippen LogP) is 1.78. The quantitative estimate of drug-likeness (QED) is 0.318. The van der Waals surface area contributed by atoms with Crippen LogP contribution in [0.4, 0.5) is 26.3 Å². The summed E-state index contributed by atoms with van der Waals surface area (Å²) >= 11 is 5.56. The molecule has 0 atom stereocenters. The average molecular weight is 418 g/mol. The molecule has 24 heavy (non-hydrogen) atoms. The van der Waals surface area contributed by atoms with Gasteiger partial charge in [-0.15, -0.1) is 0 Å². The SMILES string of the molecule is O=S1(=O)[C-](C[n+]2ccccc2Cl)S(=O)(=O)C(F)(F)C(F)(F)C1(F)F. The molecule has 0 saturated carbocycles. The Bertz CT molecular complexity index is 838. The number of hydrogen-bond acceptors (Lipinski definition) is 4. The van der Waals surface area contributed by atoms with E-state index in [2.05, 4.69) is 0 Å². The third-order valence-corrected chi connectivity index (χ3v) is 8.17. The summed E-state index contributed by atoms with van der Waals surface area (Å²) in [5, 5.41) is -13.1. The van der Waals surface area contributed by atoms with Gasteiger partial charge in [-0.1, -0.05) is 0 Å². The van der Waals surface area contributed by atoms with E-state index in [1.54, 1.807) is 0 Å². The summed E-state index contributed by atoms with van der Waals surface area (Å²) < 4.78 is 125. The average Bonchev–Trinajstić information content (AvgIpc) is 2.44. The molecule has 0 bridgehead atoms. The topological polar surface area (TPSA) is 72.2 Å². The van der Waals surface area contributed by atoms with Gasteiger partial charge in [0.2, 0.25) is 0 Å². The molecular formula is C10H6ClF6NO4S2. The Kier molecular flexibility index (Phi) is 4.18. The molecule has 1 saturated heterocycles. The van der Waals surface area contributed by atoms with Gasteiger partial charge >= 0.3 is 16.4 Å². The second kappa shape index (κ2) is 5.21. The van der Waals surface area contributed by atoms with Crippen molar-refractivity contribution in [1.82, 2.24) is 0 Å². The van der Waals surface area contributed by atoms with E-state index in [1.165, 1.54) is 6.07 Å². The second-order valence-corrected chi connectivity index (χ2v) is 9.31. The van der Waals surface area contributed by atoms with Gasteiger partial charge in [-0.3, -0.25) is 16.8 Å². The van der Waals surface area contributed by atoms with Gasteiger partial charge in [0.25, 0.3) is 5.15 Å². The van der Waals surface area contributed by atoms with E-state index in [0.29, 0.717) is 4.57 Å². The van der Waals surface area contributed by atoms with E-state index in [1.807, 2.05) is 0 Å². The molecule has 14 heteroatoms. The minimum Gasteiger partial charge on any atom is -0.255 e. The van der Waals surface area contributed by atoms with E-state index in [-0.39, 0.29) is 0 Å². The van der Waals surface area contributed by atoms with E-state index < -0.39 is 52.4 Å². The van der Waals surface area contributed by atoms with Crippen LogP contribution in [0.15, 0.2) is 24.4 Å². The predicted molar refractivity (Wildman–Crippen MR) is 67.6 cm³/mol. The Morgan fingerprint density at radius 3 is 1.83 bits per heavy atom. The standard InChI is InChI=1S/C10H6ClF6NO4S2/c11-6-3-1-2-4-18(6)5-7-23(19,20)9(14,15)8(12,13)10(16,17)24(7,21)22/h1-4H,5H2. The fourth-order valence-corrected chi connectivity index (χ4v) is 5.99. The van der Waals surface area contributed by atoms with Crippen LogP contribution in [0.1, 0.15) is 0 Å². The Hall–Kier alpha value is -1.08. The first-order chi connectivity index (χ1) is 10.6. The molecule has 2 heterocycles. The van der Waals surface area contributed by atoms with Gasteiger partial charge < -0.3 is 0 Å². The first-order valence-electron chi connectivity index (χ1n) is 5.75. The Balaban J connectivity index is 2.73. The summed E-state index contributed by atoms with van der Waals surface area (Å²) in [5.41, 5.74) is 0. The van der Waals surface area contributed by atoms with Gasteiger partial charge in [-0.2, -0.15) is 26.3 Å². The maximum atomic E-state index is 13.5. The maximum absolute atomic E-state index is 13.5. The van der Waals surface area contributed by atoms with Crippen molar-refractivity contribution < 1.29 is 47.7 Å². The van der Waals surface area contributed by atoms with Crippen molar-refractivity contribution >= 4 is 31.3 Å². The number of halogens is 7. The summed E-state index contributed by atoms with van der Waals surface area (Å²) in [7, 11) is -13.2. The van der Waals surface area contributed by atoms with E-state index in [9.17, 15) is 43.2 Å².